The second-order valence-electron chi connectivity index (χ2n) is 7.52. The topological polar surface area (TPSA) is 99.0 Å². The van der Waals surface area contributed by atoms with Gasteiger partial charge in [-0.3, -0.25) is 24.6 Å². The van der Waals surface area contributed by atoms with Crippen LogP contribution in [0.4, 0.5) is 10.5 Å². The van der Waals surface area contributed by atoms with Crippen LogP contribution >= 0.6 is 23.4 Å². The Morgan fingerprint density at radius 3 is 2.34 bits per heavy atom. The maximum atomic E-state index is 12.9. The minimum atomic E-state index is -0.505. The fraction of sp³-hybridized carbons (Fsp3) is 0.120. The fourth-order valence-electron chi connectivity index (χ4n) is 3.33. The molecule has 0 bridgehead atoms. The molecule has 178 valence electrons. The molecule has 0 saturated carbocycles. The normalized spacial score (nSPS) is 14.5. The van der Waals surface area contributed by atoms with E-state index in [0.717, 1.165) is 22.2 Å². The molecule has 1 aliphatic heterocycles. The van der Waals surface area contributed by atoms with E-state index >= 15 is 0 Å². The summed E-state index contributed by atoms with van der Waals surface area (Å²) >= 11 is 6.76. The van der Waals surface area contributed by atoms with E-state index in [2.05, 4.69) is 0 Å². The van der Waals surface area contributed by atoms with Gasteiger partial charge < -0.3 is 9.47 Å². The van der Waals surface area contributed by atoms with Crippen molar-refractivity contribution in [2.24, 2.45) is 0 Å². The lowest BCUT2D eigenvalue weighted by atomic mass is 10.1. The molecular formula is C25H19ClN2O6S. The summed E-state index contributed by atoms with van der Waals surface area (Å²) in [6, 6.07) is 18.2. The Hall–Kier alpha value is -3.82. The zero-order chi connectivity index (χ0) is 24.9. The maximum absolute atomic E-state index is 12.9. The number of nitrogens with zero attached hydrogens (tertiary/aromatic N) is 2. The van der Waals surface area contributed by atoms with E-state index in [0.29, 0.717) is 34.3 Å². The predicted octanol–water partition coefficient (Wildman–Crippen LogP) is 6.07. The van der Waals surface area contributed by atoms with Gasteiger partial charge in [-0.15, -0.1) is 0 Å². The van der Waals surface area contributed by atoms with Crippen LogP contribution < -0.4 is 9.47 Å². The van der Waals surface area contributed by atoms with Gasteiger partial charge in [-0.1, -0.05) is 41.9 Å². The van der Waals surface area contributed by atoms with Crippen molar-refractivity contribution in [3.8, 4) is 11.5 Å². The summed E-state index contributed by atoms with van der Waals surface area (Å²) < 4.78 is 11.3. The zero-order valence-corrected chi connectivity index (χ0v) is 20.0. The number of hydrogen-bond acceptors (Lipinski definition) is 7. The summed E-state index contributed by atoms with van der Waals surface area (Å²) in [6.45, 7) is 0.320. The van der Waals surface area contributed by atoms with E-state index in [9.17, 15) is 19.7 Å². The number of carbonyl (C=O) groups excluding carboxylic acids is 2. The number of nitro benzene ring substituents is 1. The number of amides is 2. The summed E-state index contributed by atoms with van der Waals surface area (Å²) in [5.41, 5.74) is 2.14. The molecule has 1 aliphatic rings. The van der Waals surface area contributed by atoms with Crippen molar-refractivity contribution in [3.63, 3.8) is 0 Å². The molecule has 1 saturated heterocycles. The van der Waals surface area contributed by atoms with Crippen LogP contribution in [0.2, 0.25) is 5.02 Å². The number of carbonyl (C=O) groups is 2. The molecule has 3 aromatic rings. The van der Waals surface area contributed by atoms with Crippen LogP contribution in [0.15, 0.2) is 71.6 Å². The summed E-state index contributed by atoms with van der Waals surface area (Å²) in [7, 11) is 1.54. The maximum Gasteiger partial charge on any atom is 0.293 e. The number of benzene rings is 3. The van der Waals surface area contributed by atoms with Gasteiger partial charge in [0, 0.05) is 17.2 Å². The number of methoxy groups -OCH3 is 1. The van der Waals surface area contributed by atoms with Gasteiger partial charge in [0.2, 0.25) is 0 Å². The highest BCUT2D eigenvalue weighted by molar-refractivity contribution is 8.18. The molecule has 0 radical (unpaired) electrons. The van der Waals surface area contributed by atoms with Crippen LogP contribution in [0, 0.1) is 10.1 Å². The highest BCUT2D eigenvalue weighted by Gasteiger charge is 2.35. The van der Waals surface area contributed by atoms with Gasteiger partial charge in [-0.2, -0.15) is 0 Å². The molecule has 0 unspecified atom stereocenters. The Balaban J connectivity index is 1.49. The van der Waals surface area contributed by atoms with Crippen molar-refractivity contribution >= 4 is 46.3 Å². The monoisotopic (exact) mass is 510 g/mol. The summed E-state index contributed by atoms with van der Waals surface area (Å²) in [6.07, 6.45) is 1.62. The zero-order valence-electron chi connectivity index (χ0n) is 18.5. The van der Waals surface area contributed by atoms with E-state index in [1.807, 2.05) is 12.1 Å². The van der Waals surface area contributed by atoms with Crippen LogP contribution in [0.3, 0.4) is 0 Å². The van der Waals surface area contributed by atoms with E-state index in [1.165, 1.54) is 31.4 Å². The predicted molar refractivity (Wildman–Crippen MR) is 133 cm³/mol. The lowest BCUT2D eigenvalue weighted by Gasteiger charge is -2.12. The number of imide groups is 1. The number of halogens is 1. The highest BCUT2D eigenvalue weighted by Crippen LogP contribution is 2.35. The molecule has 0 aromatic heterocycles. The van der Waals surface area contributed by atoms with Crippen molar-refractivity contribution in [2.75, 3.05) is 7.11 Å². The van der Waals surface area contributed by atoms with Gasteiger partial charge in [0.05, 0.1) is 23.5 Å². The first kappa shape index (κ1) is 24.3. The van der Waals surface area contributed by atoms with Crippen molar-refractivity contribution in [1.29, 1.82) is 0 Å². The molecule has 2 amide bonds. The SMILES string of the molecule is COc1ccc(/C=C2\SC(=O)N(Cc3ccc([N+](=O)[O-])cc3)C2=O)cc1OCc1ccc(Cl)cc1. The Labute approximate surface area is 210 Å². The molecule has 4 rings (SSSR count). The number of thioether (sulfide) groups is 1. The van der Waals surface area contributed by atoms with E-state index in [1.54, 1.807) is 36.4 Å². The van der Waals surface area contributed by atoms with Gasteiger partial charge in [-0.25, -0.2) is 0 Å². The Morgan fingerprint density at radius 1 is 1.00 bits per heavy atom. The number of nitro groups is 1. The Kier molecular flexibility index (Phi) is 7.38. The van der Waals surface area contributed by atoms with Gasteiger partial charge in [0.1, 0.15) is 6.61 Å². The summed E-state index contributed by atoms with van der Waals surface area (Å²) in [5.74, 6) is 0.585. The van der Waals surface area contributed by atoms with Crippen LogP contribution in [-0.2, 0) is 17.9 Å². The van der Waals surface area contributed by atoms with Gasteiger partial charge in [-0.05, 0) is 58.8 Å². The van der Waals surface area contributed by atoms with Crippen LogP contribution in [0.1, 0.15) is 16.7 Å². The molecule has 0 spiro atoms. The third-order valence-corrected chi connectivity index (χ3v) is 6.31. The fourth-order valence-corrected chi connectivity index (χ4v) is 4.30. The van der Waals surface area contributed by atoms with Crippen molar-refractivity contribution < 1.29 is 24.0 Å². The molecule has 1 fully saturated rings. The average Bonchev–Trinajstić information content (AvgIpc) is 3.11. The molecule has 10 heteroatoms. The molecule has 0 atom stereocenters. The first-order valence-corrected chi connectivity index (χ1v) is 11.6. The van der Waals surface area contributed by atoms with E-state index in [-0.39, 0.29) is 17.1 Å². The molecule has 1 heterocycles. The molecule has 0 N–H and O–H groups in total. The second-order valence-corrected chi connectivity index (χ2v) is 8.95. The Morgan fingerprint density at radius 2 is 1.69 bits per heavy atom. The highest BCUT2D eigenvalue weighted by atomic mass is 35.5. The quantitative estimate of drug-likeness (QED) is 0.206. The van der Waals surface area contributed by atoms with Crippen molar-refractivity contribution in [1.82, 2.24) is 4.90 Å². The lowest BCUT2D eigenvalue weighted by molar-refractivity contribution is -0.384. The van der Waals surface area contributed by atoms with Gasteiger partial charge >= 0.3 is 0 Å². The molecule has 3 aromatic carbocycles. The van der Waals surface area contributed by atoms with Crippen molar-refractivity contribution in [2.45, 2.75) is 13.2 Å². The third kappa shape index (κ3) is 5.82. The number of rotatable bonds is 8. The molecule has 8 nitrogen and oxygen atoms in total. The number of hydrogen-bond donors (Lipinski definition) is 0. The number of ether oxygens (including phenoxy) is 2. The first-order chi connectivity index (χ1) is 16.8. The standard InChI is InChI=1S/C25H19ClN2O6S/c1-33-21-11-6-18(12-22(21)34-15-17-2-7-19(26)8-3-17)13-23-24(29)27(25(30)35-23)14-16-4-9-20(10-5-16)28(31)32/h2-13H,14-15H2,1H3/b23-13-. The Bertz CT molecular complexity index is 1310. The molecule has 35 heavy (non-hydrogen) atoms. The lowest BCUT2D eigenvalue weighted by Crippen LogP contribution is -2.27. The molecule has 0 aliphatic carbocycles. The largest absolute Gasteiger partial charge is 0.493 e. The minimum Gasteiger partial charge on any atom is -0.493 e. The van der Waals surface area contributed by atoms with E-state index in [4.69, 9.17) is 21.1 Å². The van der Waals surface area contributed by atoms with Gasteiger partial charge in [0.25, 0.3) is 16.8 Å². The number of non-ortho nitro benzene ring substituents is 1. The summed E-state index contributed by atoms with van der Waals surface area (Å²) in [5, 5.41) is 11.0. The van der Waals surface area contributed by atoms with Crippen LogP contribution in [-0.4, -0.2) is 28.1 Å². The smallest absolute Gasteiger partial charge is 0.293 e. The third-order valence-electron chi connectivity index (χ3n) is 5.15. The summed E-state index contributed by atoms with van der Waals surface area (Å²) in [4.78, 5) is 37.1. The van der Waals surface area contributed by atoms with E-state index < -0.39 is 16.1 Å². The molecular weight excluding hydrogens is 492 g/mol. The van der Waals surface area contributed by atoms with Crippen LogP contribution in [0.25, 0.3) is 6.08 Å². The minimum absolute atomic E-state index is 0.0259. The van der Waals surface area contributed by atoms with Crippen molar-refractivity contribution in [3.05, 3.63) is 103 Å². The second kappa shape index (κ2) is 10.6. The first-order valence-electron chi connectivity index (χ1n) is 10.4. The van der Waals surface area contributed by atoms with Crippen LogP contribution in [0.5, 0.6) is 11.5 Å². The van der Waals surface area contributed by atoms with Gasteiger partial charge in [0.15, 0.2) is 11.5 Å². The average molecular weight is 511 g/mol.